The van der Waals surface area contributed by atoms with Gasteiger partial charge in [0, 0.05) is 74.0 Å². The van der Waals surface area contributed by atoms with E-state index in [4.69, 9.17) is 23.2 Å². The maximum Gasteiger partial charge on any atom is 1.00 e. The van der Waals surface area contributed by atoms with Crippen molar-refractivity contribution in [1.82, 2.24) is 10.6 Å². The second-order valence-corrected chi connectivity index (χ2v) is 6.40. The fourth-order valence-electron chi connectivity index (χ4n) is 2.10. The van der Waals surface area contributed by atoms with Gasteiger partial charge in [0.15, 0.2) is 12.4 Å². The van der Waals surface area contributed by atoms with Gasteiger partial charge in [0.05, 0.1) is 16.5 Å². The number of amidine groups is 1. The van der Waals surface area contributed by atoms with E-state index in [1.807, 2.05) is 133 Å². The number of rotatable bonds is 3. The molecular formula is C36H57N8NaRe3Rf3S2-6. The number of nitriles is 2. The molecule has 3 aromatic carbocycles. The molecule has 0 aliphatic rings. The molecule has 0 saturated heterocycles. The van der Waals surface area contributed by atoms with Gasteiger partial charge in [-0.15, -0.1) is 0 Å². The molecule has 0 heterocycles. The van der Waals surface area contributed by atoms with Gasteiger partial charge in [-0.1, -0.05) is 96.1 Å². The number of nitrogens with one attached hydrogen (secondary N) is 3. The van der Waals surface area contributed by atoms with Crippen LogP contribution >= 0.6 is 12.2 Å². The quantitative estimate of drug-likeness (QED) is 0.0361. The topological polar surface area (TPSA) is 121 Å². The second kappa shape index (κ2) is 86.2. The Balaban J connectivity index is -0.0000000233. The Hall–Kier alpha value is -4.61. The predicted molar refractivity (Wildman–Crippen MR) is 215 cm³/mol. The summed E-state index contributed by atoms with van der Waals surface area (Å²) in [5, 5.41) is 26.7. The van der Waals surface area contributed by atoms with E-state index < -0.39 is 0 Å². The van der Waals surface area contributed by atoms with Crippen molar-refractivity contribution in [3.05, 3.63) is 136 Å². The van der Waals surface area contributed by atoms with E-state index in [1.54, 1.807) is 19.4 Å². The summed E-state index contributed by atoms with van der Waals surface area (Å²) in [6.07, 6.45) is 3.50. The first-order valence-electron chi connectivity index (χ1n) is 12.7. The third-order valence-corrected chi connectivity index (χ3v) is 3.80. The van der Waals surface area contributed by atoms with Gasteiger partial charge in [-0.3, -0.25) is 15.3 Å². The van der Waals surface area contributed by atoms with Gasteiger partial charge >= 0.3 is 29.6 Å². The van der Waals surface area contributed by atoms with Crippen LogP contribution in [-0.2, 0) is 73.9 Å². The molecule has 0 aromatic heterocycles. The van der Waals surface area contributed by atoms with Crippen molar-refractivity contribution >= 4 is 58.2 Å². The van der Waals surface area contributed by atoms with Gasteiger partial charge in [0.25, 0.3) is 0 Å². The SMILES string of the molecule is CC.CC.CC.CN=C(NC#N)Nc1ccccc1.N#CNC([S-])=Nc1ccccc1.S=C=Nc1ccccc1.[CH3-].[CH3-].[CH3-].[CH3-].[CH3-].[CH3-].[Na+].[Re].[Re].[Re].[Rf].[Rf].[Rf]. The number of isothiocyanates is 1. The Labute approximate surface area is 383 Å². The molecule has 0 aliphatic heterocycles. The van der Waals surface area contributed by atoms with Crippen LogP contribution in [0.2, 0.25) is 0 Å². The molecule has 8 nitrogen and oxygen atoms in total. The Morgan fingerprint density at radius 1 is 0.604 bits per heavy atom. The van der Waals surface area contributed by atoms with Crippen LogP contribution in [0.3, 0.4) is 0 Å². The summed E-state index contributed by atoms with van der Waals surface area (Å²) in [5.41, 5.74) is 2.49. The van der Waals surface area contributed by atoms with Crippen LogP contribution in [0.15, 0.2) is 106 Å². The number of thiocarbonyl (C=S) groups is 1. The minimum Gasteiger partial charge on any atom is -0.742 e. The molecule has 0 fully saturated rings. The van der Waals surface area contributed by atoms with Gasteiger partial charge in [0.1, 0.15) is 0 Å². The van der Waals surface area contributed by atoms with E-state index in [-0.39, 0.29) is 141 Å². The fraction of sp³-hybridized carbons (Fsp3) is 0.194. The molecule has 0 amide bonds. The molecule has 3 rings (SSSR count). The van der Waals surface area contributed by atoms with E-state index in [1.165, 1.54) is 0 Å². The normalized spacial score (nSPS) is 6.58. The van der Waals surface area contributed by atoms with Crippen LogP contribution in [-0.4, -0.2) is 23.3 Å². The molecular weight excluding hydrogens is 1990 g/mol. The van der Waals surface area contributed by atoms with Crippen molar-refractivity contribution in [3.63, 3.8) is 0 Å². The molecule has 3 N–H and O–H groups in total. The number of anilines is 1. The van der Waals surface area contributed by atoms with Gasteiger partial charge in [-0.25, -0.2) is 0 Å². The summed E-state index contributed by atoms with van der Waals surface area (Å²) >= 11 is 9.15. The zero-order valence-corrected chi connectivity index (χ0v) is 65.4. The zero-order chi connectivity index (χ0) is 30.9. The van der Waals surface area contributed by atoms with Crippen LogP contribution in [0, 0.1) is 67.5 Å². The largest absolute Gasteiger partial charge is 1.00 e. The summed E-state index contributed by atoms with van der Waals surface area (Å²) in [5.74, 6) is 0.439. The van der Waals surface area contributed by atoms with Crippen LogP contribution in [0.25, 0.3) is 0 Å². The fourth-order valence-corrected chi connectivity index (χ4v) is 2.36. The molecule has 0 atom stereocenters. The van der Waals surface area contributed by atoms with Crippen molar-refractivity contribution in [2.24, 2.45) is 15.0 Å². The van der Waals surface area contributed by atoms with Crippen molar-refractivity contribution in [2.75, 3.05) is 12.4 Å². The summed E-state index contributed by atoms with van der Waals surface area (Å²) in [6, 6.07) is 28.2. The average Bonchev–Trinajstić information content (AvgIpc) is 3.02. The Bertz CT molecular complexity index is 1210. The van der Waals surface area contributed by atoms with Crippen molar-refractivity contribution in [1.29, 1.82) is 10.5 Å². The van der Waals surface area contributed by atoms with E-state index >= 15 is 0 Å². The third kappa shape index (κ3) is 66.2. The molecule has 0 aliphatic carbocycles. The number of nitrogens with zero attached hydrogens (tertiary/aromatic N) is 5. The summed E-state index contributed by atoms with van der Waals surface area (Å²) in [6.45, 7) is 12.0. The molecule has 3 aromatic rings. The summed E-state index contributed by atoms with van der Waals surface area (Å²) in [7, 11) is 1.61. The van der Waals surface area contributed by atoms with Crippen molar-refractivity contribution < 1.29 is 90.8 Å². The Kier molecular flexibility index (Phi) is 169. The van der Waals surface area contributed by atoms with Gasteiger partial charge in [0.2, 0.25) is 5.96 Å². The summed E-state index contributed by atoms with van der Waals surface area (Å²) < 4.78 is 0. The van der Waals surface area contributed by atoms with E-state index in [2.05, 4.69) is 48.3 Å². The molecule has 0 saturated carbocycles. The number of guanidine groups is 1. The third-order valence-electron chi connectivity index (χ3n) is 3.52. The first-order chi connectivity index (χ1) is 19.6. The first-order valence-corrected chi connectivity index (χ1v) is 13.5. The van der Waals surface area contributed by atoms with Gasteiger partial charge in [-0.2, -0.15) is 15.5 Å². The van der Waals surface area contributed by atoms with Crippen LogP contribution in [0.5, 0.6) is 0 Å². The van der Waals surface area contributed by atoms with Crippen LogP contribution in [0.4, 0.5) is 17.1 Å². The molecule has 53 heavy (non-hydrogen) atoms. The van der Waals surface area contributed by atoms with Crippen molar-refractivity contribution in [2.45, 2.75) is 41.5 Å². The molecule has 287 valence electrons. The standard InChI is InChI=1S/C9H10N4.C8H7N3S.C7H5NS.3C2H6.6CH3.Na.3Re.3Rf/c1-11-9(12-7-10)13-8-5-3-2-4-6-8;9-6-10-8(12)11-7-4-2-1-3-5-7;9-6-8-7-4-2-1-3-5-7;3*1-2;;;;;;;;;;;;;/h2-6H,1H3,(H2,11,12,13);1-5H,(H2,10,11,12);1-5H;3*1-2H3;6*1H3;;;;;;;/q;;;;;;6*-1;+1;;;;;;/p-1. The number of hydrogen-bond donors (Lipinski definition) is 3. The van der Waals surface area contributed by atoms with E-state index in [0.29, 0.717) is 5.96 Å². The van der Waals surface area contributed by atoms with Crippen LogP contribution in [0.1, 0.15) is 41.5 Å². The average molecular weight is 2050 g/mol. The molecule has 0 unspecified atom stereocenters. The number of para-hydroxylation sites is 3. The first kappa shape index (κ1) is 104. The van der Waals surface area contributed by atoms with E-state index in [9.17, 15) is 0 Å². The summed E-state index contributed by atoms with van der Waals surface area (Å²) in [4.78, 5) is 11.6. The maximum absolute atomic E-state index is 8.36. The molecule has 17 heteroatoms. The molecule has 0 spiro atoms. The minimum absolute atomic E-state index is 0. The van der Waals surface area contributed by atoms with Crippen LogP contribution < -0.4 is 45.5 Å². The smallest absolute Gasteiger partial charge is 0.742 e. The molecule has 3 radical (unpaired) electrons. The zero-order valence-electron chi connectivity index (χ0n) is 34.5. The Morgan fingerprint density at radius 2 is 0.925 bits per heavy atom. The number of hydrogen-bond acceptors (Lipinski definition) is 7. The maximum atomic E-state index is 8.36. The minimum atomic E-state index is 0. The monoisotopic (exact) mass is 2050 g/mol. The van der Waals surface area contributed by atoms with E-state index in [0.717, 1.165) is 17.1 Å². The van der Waals surface area contributed by atoms with Gasteiger partial charge in [-0.05, 0) is 53.8 Å². The number of benzene rings is 3. The predicted octanol–water partition coefficient (Wildman–Crippen LogP) is 7.64. The number of aliphatic imine (C=N–C) groups is 3. The van der Waals surface area contributed by atoms with Crippen molar-refractivity contribution in [3.8, 4) is 12.4 Å². The second-order valence-electron chi connectivity index (χ2n) is 5.83. The molecule has 0 bridgehead atoms. The Morgan fingerprint density at radius 3 is 1.23 bits per heavy atom. The van der Waals surface area contributed by atoms with Gasteiger partial charge < -0.3 is 67.8 Å².